The average molecular weight is 642 g/mol. The van der Waals surface area contributed by atoms with Crippen LogP contribution < -0.4 is 0 Å². The van der Waals surface area contributed by atoms with Crippen LogP contribution in [-0.2, 0) is 5.41 Å². The molecule has 190 valence electrons. The van der Waals surface area contributed by atoms with Gasteiger partial charge in [0.05, 0.1) is 5.41 Å². The fourth-order valence-corrected chi connectivity index (χ4v) is 7.47. The lowest BCUT2D eigenvalue weighted by Crippen LogP contribution is -2.28. The van der Waals surface area contributed by atoms with Crippen molar-refractivity contribution in [2.24, 2.45) is 0 Å². The maximum absolute atomic E-state index is 6.39. The third-order valence-electron chi connectivity index (χ3n) is 8.26. The van der Waals surface area contributed by atoms with E-state index in [1.54, 1.807) is 0 Å². The molecule has 0 saturated heterocycles. The largest absolute Gasteiger partial charge is 0.456 e. The summed E-state index contributed by atoms with van der Waals surface area (Å²) in [5.74, 6) is 0. The summed E-state index contributed by atoms with van der Waals surface area (Å²) in [6, 6.07) is 48.0. The first-order chi connectivity index (χ1) is 19.6. The Morgan fingerprint density at radius 3 is 1.93 bits per heavy atom. The molecule has 1 aromatic heterocycles. The fourth-order valence-electron chi connectivity index (χ4n) is 6.67. The molecule has 0 amide bonds. The zero-order valence-corrected chi connectivity index (χ0v) is 24.5. The predicted molar refractivity (Wildman–Crippen MR) is 172 cm³/mol. The van der Waals surface area contributed by atoms with Gasteiger partial charge in [-0.25, -0.2) is 0 Å². The Bertz CT molecular complexity index is 2040. The molecule has 0 aliphatic heterocycles. The molecule has 3 heteroatoms. The highest BCUT2D eigenvalue weighted by atomic mass is 79.9. The van der Waals surface area contributed by atoms with Crippen LogP contribution in [-0.4, -0.2) is 0 Å². The Morgan fingerprint density at radius 2 is 1.20 bits per heavy atom. The monoisotopic (exact) mass is 640 g/mol. The van der Waals surface area contributed by atoms with Gasteiger partial charge >= 0.3 is 0 Å². The first-order valence-electron chi connectivity index (χ1n) is 13.3. The van der Waals surface area contributed by atoms with Crippen LogP contribution in [0.4, 0.5) is 0 Å². The van der Waals surface area contributed by atoms with Crippen LogP contribution in [0.25, 0.3) is 44.2 Å². The Kier molecular flexibility index (Phi) is 5.42. The molecule has 8 rings (SSSR count). The Balaban J connectivity index is 1.59. The number of hydrogen-bond donors (Lipinski definition) is 0. The van der Waals surface area contributed by atoms with Crippen molar-refractivity contribution in [3.8, 4) is 22.3 Å². The summed E-state index contributed by atoms with van der Waals surface area (Å²) < 4.78 is 8.51. The topological polar surface area (TPSA) is 13.1 Å². The van der Waals surface area contributed by atoms with Crippen molar-refractivity contribution in [2.45, 2.75) is 5.41 Å². The summed E-state index contributed by atoms with van der Waals surface area (Å²) in [6.07, 6.45) is 0. The number of halogens is 2. The van der Waals surface area contributed by atoms with Crippen molar-refractivity contribution in [3.05, 3.63) is 165 Å². The normalized spacial score (nSPS) is 13.4. The van der Waals surface area contributed by atoms with Gasteiger partial charge in [0.2, 0.25) is 0 Å². The van der Waals surface area contributed by atoms with Crippen molar-refractivity contribution < 1.29 is 4.42 Å². The van der Waals surface area contributed by atoms with Gasteiger partial charge in [-0.3, -0.25) is 0 Å². The summed E-state index contributed by atoms with van der Waals surface area (Å²) in [4.78, 5) is 0. The summed E-state index contributed by atoms with van der Waals surface area (Å²) in [5.41, 5.74) is 11.2. The van der Waals surface area contributed by atoms with Crippen LogP contribution >= 0.6 is 31.9 Å². The van der Waals surface area contributed by atoms with E-state index in [4.69, 9.17) is 4.42 Å². The lowest BCUT2D eigenvalue weighted by Gasteiger charge is -2.34. The van der Waals surface area contributed by atoms with Gasteiger partial charge in [-0.05, 0) is 87.0 Å². The molecule has 0 atom stereocenters. The average Bonchev–Trinajstić information content (AvgIpc) is 3.51. The van der Waals surface area contributed by atoms with Gasteiger partial charge in [0, 0.05) is 19.7 Å². The van der Waals surface area contributed by atoms with Gasteiger partial charge < -0.3 is 4.42 Å². The van der Waals surface area contributed by atoms with Crippen LogP contribution in [0.2, 0.25) is 0 Å². The van der Waals surface area contributed by atoms with Crippen molar-refractivity contribution in [3.63, 3.8) is 0 Å². The number of fused-ring (bicyclic) bond motifs is 7. The maximum Gasteiger partial charge on any atom is 0.136 e. The number of benzene rings is 6. The molecule has 0 radical (unpaired) electrons. The Labute approximate surface area is 249 Å². The highest BCUT2D eigenvalue weighted by Crippen LogP contribution is 2.59. The quantitative estimate of drug-likeness (QED) is 0.187. The molecular weight excluding hydrogens is 620 g/mol. The van der Waals surface area contributed by atoms with Gasteiger partial charge in [-0.1, -0.05) is 123 Å². The highest BCUT2D eigenvalue weighted by molar-refractivity contribution is 9.10. The first-order valence-corrected chi connectivity index (χ1v) is 14.9. The summed E-state index contributed by atoms with van der Waals surface area (Å²) in [6.45, 7) is 0. The highest BCUT2D eigenvalue weighted by Gasteiger charge is 2.47. The van der Waals surface area contributed by atoms with Crippen LogP contribution in [0.5, 0.6) is 0 Å². The van der Waals surface area contributed by atoms with E-state index < -0.39 is 5.41 Å². The smallest absolute Gasteiger partial charge is 0.136 e. The van der Waals surface area contributed by atoms with Gasteiger partial charge in [0.15, 0.2) is 0 Å². The van der Waals surface area contributed by atoms with Gasteiger partial charge in [-0.15, -0.1) is 0 Å². The third kappa shape index (κ3) is 3.38. The number of hydrogen-bond acceptors (Lipinski definition) is 1. The standard InChI is InChI=1S/C37H22Br2O/c38-27-12-6-10-25(21-27)37(26-11-7-13-28(39)22-26)31-18-19-34-36(30-14-4-5-15-33(30)40-34)35(31)29-17-16-24(20-32(29)37)23-8-2-1-3-9-23/h1-22H. The second-order valence-corrected chi connectivity index (χ2v) is 12.2. The number of para-hydroxylation sites is 1. The molecule has 6 aromatic carbocycles. The van der Waals surface area contributed by atoms with E-state index in [0.717, 1.165) is 25.5 Å². The molecule has 0 spiro atoms. The molecule has 1 aliphatic carbocycles. The number of rotatable bonds is 3. The molecule has 40 heavy (non-hydrogen) atoms. The van der Waals surface area contributed by atoms with E-state index in [1.165, 1.54) is 49.9 Å². The minimum Gasteiger partial charge on any atom is -0.456 e. The van der Waals surface area contributed by atoms with Crippen LogP contribution in [0.3, 0.4) is 0 Å². The van der Waals surface area contributed by atoms with Crippen molar-refractivity contribution in [2.75, 3.05) is 0 Å². The molecule has 7 aromatic rings. The zero-order valence-electron chi connectivity index (χ0n) is 21.4. The zero-order chi connectivity index (χ0) is 26.8. The van der Waals surface area contributed by atoms with E-state index in [-0.39, 0.29) is 0 Å². The minimum absolute atomic E-state index is 0.532. The van der Waals surface area contributed by atoms with Crippen LogP contribution in [0.15, 0.2) is 147 Å². The van der Waals surface area contributed by atoms with Crippen molar-refractivity contribution in [1.29, 1.82) is 0 Å². The van der Waals surface area contributed by atoms with Crippen molar-refractivity contribution >= 4 is 53.8 Å². The lowest BCUT2D eigenvalue weighted by atomic mass is 9.67. The van der Waals surface area contributed by atoms with E-state index in [9.17, 15) is 0 Å². The molecule has 1 aliphatic rings. The van der Waals surface area contributed by atoms with Crippen molar-refractivity contribution in [1.82, 2.24) is 0 Å². The summed E-state index contributed by atoms with van der Waals surface area (Å²) >= 11 is 7.59. The second kappa shape index (κ2) is 9.05. The molecule has 1 heterocycles. The molecule has 0 bridgehead atoms. The SMILES string of the molecule is Brc1cccc(C2(c3cccc(Br)c3)c3cc(-c4ccccc4)ccc3-c3c2ccc2oc4ccccc4c32)c1. The maximum atomic E-state index is 6.39. The summed E-state index contributed by atoms with van der Waals surface area (Å²) in [7, 11) is 0. The number of furan rings is 1. The first kappa shape index (κ1) is 23.9. The van der Waals surface area contributed by atoms with Gasteiger partial charge in [-0.2, -0.15) is 0 Å². The third-order valence-corrected chi connectivity index (χ3v) is 9.25. The van der Waals surface area contributed by atoms with E-state index in [2.05, 4.69) is 159 Å². The van der Waals surface area contributed by atoms with E-state index >= 15 is 0 Å². The van der Waals surface area contributed by atoms with Gasteiger partial charge in [0.1, 0.15) is 11.2 Å². The minimum atomic E-state index is -0.532. The molecule has 0 N–H and O–H groups in total. The fraction of sp³-hybridized carbons (Fsp3) is 0.0270. The summed E-state index contributed by atoms with van der Waals surface area (Å²) in [5, 5.41) is 2.32. The van der Waals surface area contributed by atoms with E-state index in [0.29, 0.717) is 0 Å². The Hall–Kier alpha value is -3.92. The predicted octanol–water partition coefficient (Wildman–Crippen LogP) is 11.1. The molecule has 0 unspecified atom stereocenters. The van der Waals surface area contributed by atoms with Crippen LogP contribution in [0, 0.1) is 0 Å². The molecule has 1 nitrogen and oxygen atoms in total. The molecule has 0 fully saturated rings. The lowest BCUT2D eigenvalue weighted by molar-refractivity contribution is 0.668. The molecular formula is C37H22Br2O. The van der Waals surface area contributed by atoms with Gasteiger partial charge in [0.25, 0.3) is 0 Å². The second-order valence-electron chi connectivity index (χ2n) is 10.4. The van der Waals surface area contributed by atoms with E-state index in [1.807, 2.05) is 6.07 Å². The van der Waals surface area contributed by atoms with Crippen LogP contribution in [0.1, 0.15) is 22.3 Å². The Morgan fingerprint density at radius 1 is 0.500 bits per heavy atom. The molecule has 0 saturated carbocycles.